The first-order chi connectivity index (χ1) is 12.8. The zero-order chi connectivity index (χ0) is 19.6. The van der Waals surface area contributed by atoms with Gasteiger partial charge in [-0.2, -0.15) is 4.31 Å². The largest absolute Gasteiger partial charge is 0.444 e. The Labute approximate surface area is 162 Å². The molecule has 1 aliphatic heterocycles. The molecule has 0 N–H and O–H groups in total. The summed E-state index contributed by atoms with van der Waals surface area (Å²) in [7, 11) is -3.44. The Kier molecular flexibility index (Phi) is 6.03. The summed E-state index contributed by atoms with van der Waals surface area (Å²) < 4.78 is 33.1. The second kappa shape index (κ2) is 8.12. The predicted octanol–water partition coefficient (Wildman–Crippen LogP) is 3.31. The van der Waals surface area contributed by atoms with Crippen molar-refractivity contribution in [3.63, 3.8) is 0 Å². The van der Waals surface area contributed by atoms with Crippen molar-refractivity contribution >= 4 is 10.0 Å². The molecule has 0 amide bonds. The Balaban J connectivity index is 1.62. The van der Waals surface area contributed by atoms with Crippen molar-refractivity contribution in [1.82, 2.24) is 14.2 Å². The molecule has 2 heterocycles. The molecule has 1 atom stereocenters. The van der Waals surface area contributed by atoms with Crippen LogP contribution in [-0.4, -0.2) is 48.8 Å². The molecule has 1 aromatic heterocycles. The molecule has 7 heteroatoms. The highest BCUT2D eigenvalue weighted by Crippen LogP contribution is 2.23. The summed E-state index contributed by atoms with van der Waals surface area (Å²) >= 11 is 0. The molecule has 6 nitrogen and oxygen atoms in total. The monoisotopic (exact) mass is 391 g/mol. The normalized spacial score (nSPS) is 17.9. The minimum Gasteiger partial charge on any atom is -0.444 e. The Morgan fingerprint density at radius 1 is 1.11 bits per heavy atom. The number of nitrogens with zero attached hydrogens (tertiary/aromatic N) is 3. The maximum absolute atomic E-state index is 12.9. The summed E-state index contributed by atoms with van der Waals surface area (Å²) in [6, 6.07) is 7.35. The van der Waals surface area contributed by atoms with E-state index in [1.54, 1.807) is 16.4 Å². The summed E-state index contributed by atoms with van der Waals surface area (Å²) in [5.74, 6) is 1.97. The molecule has 0 spiro atoms. The van der Waals surface area contributed by atoms with E-state index in [0.717, 1.165) is 17.9 Å². The van der Waals surface area contributed by atoms with E-state index in [2.05, 4.69) is 23.7 Å². The number of oxazole rings is 1. The summed E-state index contributed by atoms with van der Waals surface area (Å²) in [5, 5.41) is 0. The molecule has 3 rings (SSSR count). The van der Waals surface area contributed by atoms with Crippen LogP contribution < -0.4 is 0 Å². The molecular formula is C20H29N3O3S. The first-order valence-electron chi connectivity index (χ1n) is 9.56. The van der Waals surface area contributed by atoms with E-state index in [4.69, 9.17) is 4.42 Å². The summed E-state index contributed by atoms with van der Waals surface area (Å²) in [5.41, 5.74) is 2.09. The van der Waals surface area contributed by atoms with Crippen molar-refractivity contribution in [3.8, 4) is 0 Å². The molecule has 0 radical (unpaired) electrons. The van der Waals surface area contributed by atoms with Gasteiger partial charge in [0.1, 0.15) is 5.76 Å². The highest BCUT2D eigenvalue weighted by Gasteiger charge is 2.29. The van der Waals surface area contributed by atoms with Gasteiger partial charge in [-0.3, -0.25) is 4.90 Å². The second-order valence-corrected chi connectivity index (χ2v) is 9.25. The van der Waals surface area contributed by atoms with Crippen LogP contribution in [0, 0.1) is 13.8 Å². The van der Waals surface area contributed by atoms with E-state index < -0.39 is 10.0 Å². The number of aryl methyl sites for hydroxylation is 2. The van der Waals surface area contributed by atoms with Gasteiger partial charge in [-0.25, -0.2) is 13.4 Å². The average Bonchev–Trinajstić information content (AvgIpc) is 2.98. The number of hydrogen-bond donors (Lipinski definition) is 0. The molecule has 148 valence electrons. The maximum Gasteiger partial charge on any atom is 0.243 e. The van der Waals surface area contributed by atoms with Crippen molar-refractivity contribution in [2.45, 2.75) is 51.5 Å². The Morgan fingerprint density at radius 3 is 2.26 bits per heavy atom. The van der Waals surface area contributed by atoms with Gasteiger partial charge < -0.3 is 4.42 Å². The molecule has 1 saturated heterocycles. The van der Waals surface area contributed by atoms with E-state index >= 15 is 0 Å². The van der Waals surface area contributed by atoms with Crippen LogP contribution in [0.1, 0.15) is 49.1 Å². The van der Waals surface area contributed by atoms with Crippen LogP contribution in [0.5, 0.6) is 0 Å². The van der Waals surface area contributed by atoms with Gasteiger partial charge in [-0.15, -0.1) is 0 Å². The number of hydrogen-bond acceptors (Lipinski definition) is 5. The first-order valence-corrected chi connectivity index (χ1v) is 11.0. The fourth-order valence-electron chi connectivity index (χ4n) is 3.28. The smallest absolute Gasteiger partial charge is 0.243 e. The number of rotatable bonds is 6. The van der Waals surface area contributed by atoms with Crippen LogP contribution in [0.3, 0.4) is 0 Å². The number of sulfonamides is 1. The SMILES string of the molecule is CCC(C)c1ccc(S(=O)(=O)N2CCN(Cc3nc(C)c(C)o3)CC2)cc1. The minimum absolute atomic E-state index is 0.377. The fourth-order valence-corrected chi connectivity index (χ4v) is 4.70. The van der Waals surface area contributed by atoms with Crippen LogP contribution in [-0.2, 0) is 16.6 Å². The molecule has 2 aromatic rings. The first kappa shape index (κ1) is 20.0. The third-order valence-electron chi connectivity index (χ3n) is 5.46. The van der Waals surface area contributed by atoms with Crippen LogP contribution in [0.4, 0.5) is 0 Å². The van der Waals surface area contributed by atoms with Crippen molar-refractivity contribution in [2.75, 3.05) is 26.2 Å². The quantitative estimate of drug-likeness (QED) is 0.756. The Morgan fingerprint density at radius 2 is 1.74 bits per heavy atom. The van der Waals surface area contributed by atoms with Gasteiger partial charge in [-0.05, 0) is 43.9 Å². The number of benzene rings is 1. The van der Waals surface area contributed by atoms with Gasteiger partial charge >= 0.3 is 0 Å². The molecule has 1 fully saturated rings. The van der Waals surface area contributed by atoms with Crippen LogP contribution in [0.2, 0.25) is 0 Å². The molecule has 27 heavy (non-hydrogen) atoms. The molecule has 0 aliphatic carbocycles. The summed E-state index contributed by atoms with van der Waals surface area (Å²) in [6.45, 7) is 11.0. The van der Waals surface area contributed by atoms with Crippen LogP contribution in [0.15, 0.2) is 33.6 Å². The van der Waals surface area contributed by atoms with Crippen LogP contribution in [0.25, 0.3) is 0 Å². The lowest BCUT2D eigenvalue weighted by Crippen LogP contribution is -2.48. The van der Waals surface area contributed by atoms with Gasteiger partial charge in [0.15, 0.2) is 0 Å². The van der Waals surface area contributed by atoms with Crippen molar-refractivity contribution in [1.29, 1.82) is 0 Å². The average molecular weight is 392 g/mol. The van der Waals surface area contributed by atoms with Gasteiger partial charge in [0.05, 0.1) is 17.1 Å². The standard InChI is InChI=1S/C20H29N3O3S/c1-5-15(2)18-6-8-19(9-7-18)27(24,25)23-12-10-22(11-13-23)14-20-21-16(3)17(4)26-20/h6-9,15H,5,10-14H2,1-4H3. The third kappa shape index (κ3) is 4.42. The molecular weight excluding hydrogens is 362 g/mol. The maximum atomic E-state index is 12.9. The van der Waals surface area contributed by atoms with Gasteiger partial charge in [0.25, 0.3) is 0 Å². The summed E-state index contributed by atoms with van der Waals surface area (Å²) in [6.07, 6.45) is 1.04. The van der Waals surface area contributed by atoms with E-state index in [-0.39, 0.29) is 0 Å². The third-order valence-corrected chi connectivity index (χ3v) is 7.38. The lowest BCUT2D eigenvalue weighted by Gasteiger charge is -2.33. The molecule has 1 unspecified atom stereocenters. The number of piperazine rings is 1. The zero-order valence-electron chi connectivity index (χ0n) is 16.6. The van der Waals surface area contributed by atoms with E-state index in [1.807, 2.05) is 26.0 Å². The highest BCUT2D eigenvalue weighted by atomic mass is 32.2. The van der Waals surface area contributed by atoms with Crippen LogP contribution >= 0.6 is 0 Å². The molecule has 1 aliphatic rings. The van der Waals surface area contributed by atoms with Gasteiger partial charge in [-0.1, -0.05) is 26.0 Å². The molecule has 0 bridgehead atoms. The fraction of sp³-hybridized carbons (Fsp3) is 0.550. The zero-order valence-corrected chi connectivity index (χ0v) is 17.4. The summed E-state index contributed by atoms with van der Waals surface area (Å²) in [4.78, 5) is 6.97. The van der Waals surface area contributed by atoms with Crippen molar-refractivity contribution < 1.29 is 12.8 Å². The molecule has 1 aromatic carbocycles. The number of aromatic nitrogens is 1. The van der Waals surface area contributed by atoms with E-state index in [1.165, 1.54) is 5.56 Å². The second-order valence-electron chi connectivity index (χ2n) is 7.31. The van der Waals surface area contributed by atoms with E-state index in [0.29, 0.717) is 49.4 Å². The van der Waals surface area contributed by atoms with Gasteiger partial charge in [0, 0.05) is 26.2 Å². The highest BCUT2D eigenvalue weighted by molar-refractivity contribution is 7.89. The Bertz CT molecular complexity index is 847. The Hall–Kier alpha value is -1.70. The van der Waals surface area contributed by atoms with Crippen molar-refractivity contribution in [2.24, 2.45) is 0 Å². The topological polar surface area (TPSA) is 66.7 Å². The minimum atomic E-state index is -3.44. The molecule has 0 saturated carbocycles. The lowest BCUT2D eigenvalue weighted by atomic mass is 9.99. The van der Waals surface area contributed by atoms with E-state index in [9.17, 15) is 8.42 Å². The van der Waals surface area contributed by atoms with Gasteiger partial charge in [0.2, 0.25) is 15.9 Å². The lowest BCUT2D eigenvalue weighted by molar-refractivity contribution is 0.167. The van der Waals surface area contributed by atoms with Crippen molar-refractivity contribution in [3.05, 3.63) is 47.2 Å². The predicted molar refractivity (Wildman–Crippen MR) is 105 cm³/mol.